The highest BCUT2D eigenvalue weighted by atomic mass is 16.5. The van der Waals surface area contributed by atoms with Gasteiger partial charge in [0.1, 0.15) is 5.69 Å². The van der Waals surface area contributed by atoms with Gasteiger partial charge in [0.2, 0.25) is 0 Å². The van der Waals surface area contributed by atoms with Crippen LogP contribution in [0.5, 0.6) is 0 Å². The number of aromatic nitrogens is 1. The van der Waals surface area contributed by atoms with Crippen molar-refractivity contribution in [2.75, 3.05) is 7.11 Å². The summed E-state index contributed by atoms with van der Waals surface area (Å²) in [5.74, 6) is 5.73. The van der Waals surface area contributed by atoms with Gasteiger partial charge >= 0.3 is 5.97 Å². The van der Waals surface area contributed by atoms with Gasteiger partial charge < -0.3 is 4.74 Å². The van der Waals surface area contributed by atoms with E-state index < -0.39 is 5.97 Å². The van der Waals surface area contributed by atoms with Gasteiger partial charge in [-0.1, -0.05) is 38.0 Å². The summed E-state index contributed by atoms with van der Waals surface area (Å²) in [5, 5.41) is 0. The van der Waals surface area contributed by atoms with Crippen molar-refractivity contribution in [2.45, 2.75) is 39.0 Å². The van der Waals surface area contributed by atoms with Gasteiger partial charge in [0.05, 0.1) is 7.11 Å². The Labute approximate surface area is 109 Å². The normalized spacial score (nSPS) is 9.44. The number of carbonyl (C=O) groups excluding carboxylic acids is 1. The van der Waals surface area contributed by atoms with Gasteiger partial charge in [0.25, 0.3) is 0 Å². The van der Waals surface area contributed by atoms with Crippen LogP contribution in [0.25, 0.3) is 0 Å². The highest BCUT2D eigenvalue weighted by molar-refractivity contribution is 5.87. The predicted octanol–water partition coefficient (Wildman–Crippen LogP) is 3.19. The molecule has 96 valence electrons. The molecule has 0 aliphatic heterocycles. The largest absolute Gasteiger partial charge is 0.464 e. The second-order valence-corrected chi connectivity index (χ2v) is 4.03. The number of pyridine rings is 1. The molecule has 0 unspecified atom stereocenters. The molecule has 1 rings (SSSR count). The molecule has 0 N–H and O–H groups in total. The Kier molecular flexibility index (Phi) is 6.56. The number of carbonyl (C=O) groups is 1. The number of hydrogen-bond acceptors (Lipinski definition) is 3. The maximum atomic E-state index is 11.3. The van der Waals surface area contributed by atoms with Gasteiger partial charge in [-0.15, -0.1) is 0 Å². The zero-order valence-electron chi connectivity index (χ0n) is 11.0. The number of unbranched alkanes of at least 4 members (excludes halogenated alkanes) is 4. The molecular formula is C15H19NO2. The first-order chi connectivity index (χ1) is 8.77. The van der Waals surface area contributed by atoms with E-state index in [-0.39, 0.29) is 0 Å². The first-order valence-corrected chi connectivity index (χ1v) is 6.31. The Bertz CT molecular complexity index is 443. The third kappa shape index (κ3) is 5.01. The Balaban J connectivity index is 2.52. The fourth-order valence-electron chi connectivity index (χ4n) is 1.53. The van der Waals surface area contributed by atoms with Crippen LogP contribution in [0.1, 0.15) is 55.1 Å². The van der Waals surface area contributed by atoms with Gasteiger partial charge in [-0.05, 0) is 18.6 Å². The van der Waals surface area contributed by atoms with E-state index in [1.807, 2.05) is 0 Å². The predicted molar refractivity (Wildman–Crippen MR) is 71.2 cm³/mol. The number of hydrogen-bond donors (Lipinski definition) is 0. The van der Waals surface area contributed by atoms with E-state index in [0.29, 0.717) is 5.69 Å². The monoisotopic (exact) mass is 245 g/mol. The lowest BCUT2D eigenvalue weighted by atomic mass is 10.1. The summed E-state index contributed by atoms with van der Waals surface area (Å²) >= 11 is 0. The maximum absolute atomic E-state index is 11.3. The van der Waals surface area contributed by atoms with Gasteiger partial charge in [-0.2, -0.15) is 0 Å². The molecule has 3 nitrogen and oxygen atoms in total. The summed E-state index contributed by atoms with van der Waals surface area (Å²) in [5.41, 5.74) is 1.11. The molecule has 0 spiro atoms. The Morgan fingerprint density at radius 2 is 2.22 bits per heavy atom. The van der Waals surface area contributed by atoms with Crippen molar-refractivity contribution in [3.05, 3.63) is 29.6 Å². The van der Waals surface area contributed by atoms with Gasteiger partial charge in [-0.3, -0.25) is 0 Å². The van der Waals surface area contributed by atoms with Crippen molar-refractivity contribution in [1.82, 2.24) is 4.98 Å². The fourth-order valence-corrected chi connectivity index (χ4v) is 1.53. The molecule has 1 aromatic heterocycles. The molecule has 0 aromatic carbocycles. The lowest BCUT2D eigenvalue weighted by molar-refractivity contribution is 0.0594. The van der Waals surface area contributed by atoms with Crippen LogP contribution >= 0.6 is 0 Å². The number of nitrogens with zero attached hydrogens (tertiary/aromatic N) is 1. The van der Waals surface area contributed by atoms with E-state index in [9.17, 15) is 4.79 Å². The summed E-state index contributed by atoms with van der Waals surface area (Å²) in [6.07, 6.45) is 7.34. The molecule has 0 fully saturated rings. The zero-order valence-corrected chi connectivity index (χ0v) is 11.0. The van der Waals surface area contributed by atoms with E-state index in [1.54, 1.807) is 18.3 Å². The average Bonchev–Trinajstić information content (AvgIpc) is 2.42. The standard InChI is InChI=1S/C15H19NO2/c1-3-4-5-6-7-8-9-13-10-11-16-14(12-13)15(17)18-2/h10-12H,3-7H2,1-2H3. The lowest BCUT2D eigenvalue weighted by Crippen LogP contribution is -2.03. The average molecular weight is 245 g/mol. The summed E-state index contributed by atoms with van der Waals surface area (Å²) in [4.78, 5) is 15.2. The SMILES string of the molecule is CCCCCCC#Cc1ccnc(C(=O)OC)c1. The maximum Gasteiger partial charge on any atom is 0.356 e. The van der Waals surface area contributed by atoms with Crippen LogP contribution in [0, 0.1) is 11.8 Å². The quantitative estimate of drug-likeness (QED) is 0.454. The van der Waals surface area contributed by atoms with Crippen LogP contribution in [0.2, 0.25) is 0 Å². The van der Waals surface area contributed by atoms with Crippen LogP contribution in [0.4, 0.5) is 0 Å². The highest BCUT2D eigenvalue weighted by Crippen LogP contribution is 2.03. The molecule has 0 radical (unpaired) electrons. The minimum atomic E-state index is -0.429. The molecule has 18 heavy (non-hydrogen) atoms. The highest BCUT2D eigenvalue weighted by Gasteiger charge is 2.05. The Hall–Kier alpha value is -1.82. The smallest absolute Gasteiger partial charge is 0.356 e. The topological polar surface area (TPSA) is 39.2 Å². The molecular weight excluding hydrogens is 226 g/mol. The molecule has 0 saturated heterocycles. The third-order valence-electron chi connectivity index (χ3n) is 2.54. The van der Waals surface area contributed by atoms with Gasteiger partial charge in [0.15, 0.2) is 0 Å². The number of methoxy groups -OCH3 is 1. The first kappa shape index (κ1) is 14.2. The van der Waals surface area contributed by atoms with Crippen LogP contribution < -0.4 is 0 Å². The van der Waals surface area contributed by atoms with Crippen molar-refractivity contribution in [3.8, 4) is 11.8 Å². The number of esters is 1. The van der Waals surface area contributed by atoms with Crippen LogP contribution in [0.15, 0.2) is 18.3 Å². The summed E-state index contributed by atoms with van der Waals surface area (Å²) in [6, 6.07) is 3.45. The molecule has 1 aromatic rings. The first-order valence-electron chi connectivity index (χ1n) is 6.31. The van der Waals surface area contributed by atoms with Crippen molar-refractivity contribution >= 4 is 5.97 Å². The number of ether oxygens (including phenoxy) is 1. The lowest BCUT2D eigenvalue weighted by Gasteiger charge is -1.97. The zero-order chi connectivity index (χ0) is 13.2. The molecule has 0 atom stereocenters. The van der Waals surface area contributed by atoms with E-state index in [0.717, 1.165) is 18.4 Å². The minimum absolute atomic E-state index is 0.301. The molecule has 0 amide bonds. The second kappa shape index (κ2) is 8.30. The molecule has 0 bridgehead atoms. The number of rotatable bonds is 5. The van der Waals surface area contributed by atoms with Crippen LogP contribution in [-0.4, -0.2) is 18.1 Å². The Morgan fingerprint density at radius 1 is 1.39 bits per heavy atom. The summed E-state index contributed by atoms with van der Waals surface area (Å²) in [6.45, 7) is 2.19. The minimum Gasteiger partial charge on any atom is -0.464 e. The van der Waals surface area contributed by atoms with E-state index in [4.69, 9.17) is 0 Å². The second-order valence-electron chi connectivity index (χ2n) is 4.03. The van der Waals surface area contributed by atoms with Gasteiger partial charge in [-0.25, -0.2) is 9.78 Å². The summed E-state index contributed by atoms with van der Waals surface area (Å²) < 4.78 is 4.61. The molecule has 0 aliphatic rings. The Morgan fingerprint density at radius 3 is 2.94 bits per heavy atom. The third-order valence-corrected chi connectivity index (χ3v) is 2.54. The van der Waals surface area contributed by atoms with Crippen LogP contribution in [0.3, 0.4) is 0 Å². The molecule has 1 heterocycles. The summed E-state index contributed by atoms with van der Waals surface area (Å²) in [7, 11) is 1.34. The molecule has 0 aliphatic carbocycles. The molecule has 3 heteroatoms. The van der Waals surface area contributed by atoms with Crippen molar-refractivity contribution in [3.63, 3.8) is 0 Å². The van der Waals surface area contributed by atoms with Crippen LogP contribution in [-0.2, 0) is 4.74 Å². The van der Waals surface area contributed by atoms with E-state index in [1.165, 1.54) is 26.4 Å². The van der Waals surface area contributed by atoms with Crippen molar-refractivity contribution in [2.24, 2.45) is 0 Å². The van der Waals surface area contributed by atoms with Crippen molar-refractivity contribution < 1.29 is 9.53 Å². The fraction of sp³-hybridized carbons (Fsp3) is 0.467. The van der Waals surface area contributed by atoms with Crippen molar-refractivity contribution in [1.29, 1.82) is 0 Å². The van der Waals surface area contributed by atoms with E-state index >= 15 is 0 Å². The van der Waals surface area contributed by atoms with E-state index in [2.05, 4.69) is 28.5 Å². The van der Waals surface area contributed by atoms with Gasteiger partial charge in [0, 0.05) is 18.2 Å². The molecule has 0 saturated carbocycles.